The van der Waals surface area contributed by atoms with Gasteiger partial charge in [-0.2, -0.15) is 0 Å². The highest BCUT2D eigenvalue weighted by Gasteiger charge is 2.06. The van der Waals surface area contributed by atoms with Crippen LogP contribution in [0, 0.1) is 0 Å². The summed E-state index contributed by atoms with van der Waals surface area (Å²) in [6.07, 6.45) is 2.53. The zero-order valence-electron chi connectivity index (χ0n) is 7.67. The number of halogens is 2. The van der Waals surface area contributed by atoms with Crippen LogP contribution >= 0.6 is 23.2 Å². The van der Waals surface area contributed by atoms with Crippen molar-refractivity contribution in [1.82, 2.24) is 9.97 Å². The molecule has 0 spiro atoms. The van der Waals surface area contributed by atoms with Crippen LogP contribution in [0.1, 0.15) is 18.9 Å². The number of hydrogen-bond donors (Lipinski definition) is 1. The number of aromatic nitrogens is 2. The zero-order chi connectivity index (χ0) is 10.6. The van der Waals surface area contributed by atoms with Gasteiger partial charge in [0.05, 0.1) is 5.56 Å². The van der Waals surface area contributed by atoms with Gasteiger partial charge in [0.15, 0.2) is 0 Å². The second kappa shape index (κ2) is 5.12. The largest absolute Gasteiger partial charge is 0.383 e. The molecule has 0 bridgehead atoms. The maximum Gasteiger partial charge on any atom is 0.225 e. The van der Waals surface area contributed by atoms with E-state index >= 15 is 0 Å². The molecule has 1 aromatic rings. The predicted octanol–water partition coefficient (Wildman–Crippen LogP) is 2.19. The number of nitrogens with zero attached hydrogens (tertiary/aromatic N) is 3. The second-order valence-electron chi connectivity index (χ2n) is 2.62. The van der Waals surface area contributed by atoms with Crippen molar-refractivity contribution in [2.75, 3.05) is 12.3 Å². The first-order valence-corrected chi connectivity index (χ1v) is 4.89. The molecule has 1 aromatic heterocycles. The average molecular weight is 233 g/mol. The smallest absolute Gasteiger partial charge is 0.225 e. The Morgan fingerprint density at radius 2 is 2.14 bits per heavy atom. The minimum atomic E-state index is 0.0418. The van der Waals surface area contributed by atoms with Crippen molar-refractivity contribution >= 4 is 35.2 Å². The Kier molecular flexibility index (Phi) is 4.10. The lowest BCUT2D eigenvalue weighted by Gasteiger charge is -2.01. The summed E-state index contributed by atoms with van der Waals surface area (Å²) in [5, 5.41) is 0.266. The molecule has 2 N–H and O–H groups in total. The Bertz CT molecular complexity index is 328. The summed E-state index contributed by atoms with van der Waals surface area (Å²) < 4.78 is 0. The summed E-state index contributed by atoms with van der Waals surface area (Å²) in [4.78, 5) is 11.6. The summed E-state index contributed by atoms with van der Waals surface area (Å²) >= 11 is 11.4. The topological polar surface area (TPSA) is 64.2 Å². The molecular weight excluding hydrogens is 223 g/mol. The molecule has 0 amide bonds. The summed E-state index contributed by atoms with van der Waals surface area (Å²) in [5.41, 5.74) is 6.11. The third-order valence-corrected chi connectivity index (χ3v) is 1.93. The van der Waals surface area contributed by atoms with Crippen molar-refractivity contribution in [2.45, 2.75) is 13.3 Å². The fraction of sp³-hybridized carbons (Fsp3) is 0.375. The number of rotatable bonds is 3. The Morgan fingerprint density at radius 1 is 1.43 bits per heavy atom. The highest BCUT2D eigenvalue weighted by atomic mass is 35.5. The van der Waals surface area contributed by atoms with Crippen LogP contribution in [-0.4, -0.2) is 22.7 Å². The lowest BCUT2D eigenvalue weighted by atomic mass is 10.3. The van der Waals surface area contributed by atoms with Crippen LogP contribution in [0.3, 0.4) is 0 Å². The molecular formula is C8H10Cl2N4. The maximum absolute atomic E-state index is 5.81. The first-order valence-electron chi connectivity index (χ1n) is 4.13. The Morgan fingerprint density at radius 3 is 2.71 bits per heavy atom. The van der Waals surface area contributed by atoms with Crippen LogP contribution in [0.15, 0.2) is 4.99 Å². The Hall–Kier alpha value is -0.870. The highest BCUT2D eigenvalue weighted by Crippen LogP contribution is 2.18. The molecule has 0 aliphatic rings. The van der Waals surface area contributed by atoms with Gasteiger partial charge >= 0.3 is 0 Å². The van der Waals surface area contributed by atoms with E-state index < -0.39 is 0 Å². The standard InChI is InChI=1S/C8H10Cl2N4/c1-2-3-12-4-5-6(9)13-8(10)14-7(5)11/h4H,2-3H2,1H3,(H2,11,13,14). The van der Waals surface area contributed by atoms with E-state index in [1.165, 1.54) is 0 Å². The van der Waals surface area contributed by atoms with Crippen molar-refractivity contribution in [3.8, 4) is 0 Å². The third kappa shape index (κ3) is 2.82. The van der Waals surface area contributed by atoms with Crippen molar-refractivity contribution in [1.29, 1.82) is 0 Å². The van der Waals surface area contributed by atoms with Crippen molar-refractivity contribution in [3.05, 3.63) is 16.0 Å². The van der Waals surface area contributed by atoms with E-state index in [4.69, 9.17) is 28.9 Å². The van der Waals surface area contributed by atoms with E-state index in [1.54, 1.807) is 6.21 Å². The zero-order valence-corrected chi connectivity index (χ0v) is 9.18. The van der Waals surface area contributed by atoms with Gasteiger partial charge in [-0.05, 0) is 18.0 Å². The van der Waals surface area contributed by atoms with Crippen molar-refractivity contribution in [2.24, 2.45) is 4.99 Å². The van der Waals surface area contributed by atoms with E-state index in [2.05, 4.69) is 15.0 Å². The fourth-order valence-electron chi connectivity index (χ4n) is 0.836. The molecule has 0 fully saturated rings. The first kappa shape index (κ1) is 11.2. The molecule has 0 aliphatic heterocycles. The molecule has 0 saturated carbocycles. The van der Waals surface area contributed by atoms with Gasteiger partial charge in [-0.3, -0.25) is 4.99 Å². The van der Waals surface area contributed by atoms with Gasteiger partial charge in [-0.25, -0.2) is 9.97 Å². The van der Waals surface area contributed by atoms with Gasteiger partial charge in [0, 0.05) is 12.8 Å². The van der Waals surface area contributed by atoms with E-state index in [0.29, 0.717) is 5.56 Å². The van der Waals surface area contributed by atoms with E-state index in [0.717, 1.165) is 13.0 Å². The molecule has 0 saturated heterocycles. The summed E-state index contributed by atoms with van der Waals surface area (Å²) in [7, 11) is 0. The molecule has 1 heterocycles. The molecule has 1 rings (SSSR count). The van der Waals surface area contributed by atoms with Crippen LogP contribution in [0.25, 0.3) is 0 Å². The predicted molar refractivity (Wildman–Crippen MR) is 59.2 cm³/mol. The van der Waals surface area contributed by atoms with Crippen molar-refractivity contribution in [3.63, 3.8) is 0 Å². The molecule has 0 atom stereocenters. The Labute approximate surface area is 92.2 Å². The molecule has 0 aromatic carbocycles. The first-order chi connectivity index (χ1) is 6.65. The van der Waals surface area contributed by atoms with E-state index in [9.17, 15) is 0 Å². The molecule has 6 heteroatoms. The molecule has 0 radical (unpaired) electrons. The third-order valence-electron chi connectivity index (χ3n) is 1.47. The summed E-state index contributed by atoms with van der Waals surface area (Å²) in [6.45, 7) is 2.75. The van der Waals surface area contributed by atoms with Crippen molar-refractivity contribution < 1.29 is 0 Å². The van der Waals surface area contributed by atoms with Crippen LogP contribution < -0.4 is 5.73 Å². The number of nitrogen functional groups attached to an aromatic ring is 1. The molecule has 14 heavy (non-hydrogen) atoms. The van der Waals surface area contributed by atoms with Crippen LogP contribution in [0.4, 0.5) is 5.82 Å². The van der Waals surface area contributed by atoms with Gasteiger partial charge in [0.25, 0.3) is 0 Å². The SMILES string of the molecule is CCCN=Cc1c(N)nc(Cl)nc1Cl. The van der Waals surface area contributed by atoms with Gasteiger partial charge < -0.3 is 5.73 Å². The van der Waals surface area contributed by atoms with Crippen LogP contribution in [0.5, 0.6) is 0 Å². The summed E-state index contributed by atoms with van der Waals surface area (Å²) in [5.74, 6) is 0.245. The minimum Gasteiger partial charge on any atom is -0.383 e. The maximum atomic E-state index is 5.81. The Balaban J connectivity index is 2.96. The minimum absolute atomic E-state index is 0.0418. The van der Waals surface area contributed by atoms with E-state index in [-0.39, 0.29) is 16.3 Å². The monoisotopic (exact) mass is 232 g/mol. The lowest BCUT2D eigenvalue weighted by Crippen LogP contribution is -2.01. The van der Waals surface area contributed by atoms with E-state index in [1.807, 2.05) is 6.92 Å². The number of aliphatic imine (C=N–C) groups is 1. The summed E-state index contributed by atoms with van der Waals surface area (Å²) in [6, 6.07) is 0. The van der Waals surface area contributed by atoms with Gasteiger partial charge in [0.2, 0.25) is 5.28 Å². The number of anilines is 1. The molecule has 0 unspecified atom stereocenters. The quantitative estimate of drug-likeness (QED) is 0.494. The van der Waals surface area contributed by atoms with Gasteiger partial charge in [-0.1, -0.05) is 18.5 Å². The molecule has 0 aliphatic carbocycles. The molecule has 76 valence electrons. The lowest BCUT2D eigenvalue weighted by molar-refractivity contribution is 0.936. The highest BCUT2D eigenvalue weighted by molar-refractivity contribution is 6.34. The van der Waals surface area contributed by atoms with Gasteiger partial charge in [0.1, 0.15) is 11.0 Å². The van der Waals surface area contributed by atoms with Gasteiger partial charge in [-0.15, -0.1) is 0 Å². The number of nitrogens with two attached hydrogens (primary N) is 1. The molecule has 4 nitrogen and oxygen atoms in total. The number of hydrogen-bond acceptors (Lipinski definition) is 4. The second-order valence-corrected chi connectivity index (χ2v) is 3.31. The van der Waals surface area contributed by atoms with Crippen LogP contribution in [0.2, 0.25) is 10.4 Å². The fourth-order valence-corrected chi connectivity index (χ4v) is 1.28. The normalized spacial score (nSPS) is 11.1. The van der Waals surface area contributed by atoms with Crippen LogP contribution in [-0.2, 0) is 0 Å². The average Bonchev–Trinajstić information content (AvgIpc) is 2.09.